The SMILES string of the molecule is Fc1cc(NCc2ccncn2)ccc1OC(F)F. The second kappa shape index (κ2) is 6.03. The summed E-state index contributed by atoms with van der Waals surface area (Å²) in [5.74, 6) is -1.34. The highest BCUT2D eigenvalue weighted by molar-refractivity contribution is 5.47. The second-order valence-electron chi connectivity index (χ2n) is 3.58. The van der Waals surface area contributed by atoms with Crippen LogP contribution in [0.4, 0.5) is 18.9 Å². The Bertz CT molecular complexity index is 537. The van der Waals surface area contributed by atoms with Gasteiger partial charge in [-0.05, 0) is 18.2 Å². The van der Waals surface area contributed by atoms with E-state index in [-0.39, 0.29) is 0 Å². The molecule has 1 aromatic heterocycles. The molecule has 19 heavy (non-hydrogen) atoms. The van der Waals surface area contributed by atoms with Crippen LogP contribution in [0.3, 0.4) is 0 Å². The molecule has 1 aromatic carbocycles. The number of nitrogens with zero attached hydrogens (tertiary/aromatic N) is 2. The largest absolute Gasteiger partial charge is 0.432 e. The fraction of sp³-hybridized carbons (Fsp3) is 0.167. The van der Waals surface area contributed by atoms with Crippen LogP contribution < -0.4 is 10.1 Å². The van der Waals surface area contributed by atoms with Gasteiger partial charge in [0.25, 0.3) is 0 Å². The number of rotatable bonds is 5. The van der Waals surface area contributed by atoms with Crippen molar-refractivity contribution >= 4 is 5.69 Å². The first kappa shape index (κ1) is 13.1. The molecule has 4 nitrogen and oxygen atoms in total. The summed E-state index contributed by atoms with van der Waals surface area (Å²) >= 11 is 0. The highest BCUT2D eigenvalue weighted by atomic mass is 19.3. The number of ether oxygens (including phenoxy) is 1. The van der Waals surface area contributed by atoms with Crippen molar-refractivity contribution in [3.63, 3.8) is 0 Å². The van der Waals surface area contributed by atoms with E-state index in [1.165, 1.54) is 12.4 Å². The summed E-state index contributed by atoms with van der Waals surface area (Å²) in [5, 5.41) is 2.91. The monoisotopic (exact) mass is 269 g/mol. The smallest absolute Gasteiger partial charge is 0.387 e. The first-order chi connectivity index (χ1) is 9.15. The van der Waals surface area contributed by atoms with Crippen LogP contribution in [0, 0.1) is 5.82 Å². The lowest BCUT2D eigenvalue weighted by atomic mass is 10.3. The third kappa shape index (κ3) is 3.84. The number of aromatic nitrogens is 2. The maximum atomic E-state index is 13.4. The summed E-state index contributed by atoms with van der Waals surface area (Å²) in [6, 6.07) is 5.38. The van der Waals surface area contributed by atoms with Gasteiger partial charge in [-0.25, -0.2) is 14.4 Å². The molecule has 0 saturated carbocycles. The molecule has 100 valence electrons. The summed E-state index contributed by atoms with van der Waals surface area (Å²) in [6.45, 7) is -2.67. The van der Waals surface area contributed by atoms with E-state index in [1.807, 2.05) is 0 Å². The molecule has 0 amide bonds. The molecule has 0 atom stereocenters. The lowest BCUT2D eigenvalue weighted by Crippen LogP contribution is -2.05. The second-order valence-corrected chi connectivity index (χ2v) is 3.58. The van der Waals surface area contributed by atoms with Crippen molar-refractivity contribution in [1.29, 1.82) is 0 Å². The van der Waals surface area contributed by atoms with Crippen molar-refractivity contribution in [2.45, 2.75) is 13.2 Å². The van der Waals surface area contributed by atoms with Gasteiger partial charge in [0.1, 0.15) is 6.33 Å². The van der Waals surface area contributed by atoms with Crippen LogP contribution >= 0.6 is 0 Å². The van der Waals surface area contributed by atoms with Gasteiger partial charge in [-0.1, -0.05) is 0 Å². The minimum absolute atomic E-state index is 0.372. The Morgan fingerprint density at radius 2 is 2.11 bits per heavy atom. The number of hydrogen-bond donors (Lipinski definition) is 1. The summed E-state index contributed by atoms with van der Waals surface area (Å²) < 4.78 is 41.3. The van der Waals surface area contributed by atoms with Crippen molar-refractivity contribution in [3.8, 4) is 5.75 Å². The number of alkyl halides is 2. The molecule has 0 bridgehead atoms. The minimum Gasteiger partial charge on any atom is -0.432 e. The van der Waals surface area contributed by atoms with Crippen LogP contribution in [-0.2, 0) is 6.54 Å². The van der Waals surface area contributed by atoms with Crippen LogP contribution in [0.1, 0.15) is 5.69 Å². The predicted octanol–water partition coefficient (Wildman–Crippen LogP) is 2.83. The van der Waals surface area contributed by atoms with Crippen molar-refractivity contribution in [2.75, 3.05) is 5.32 Å². The Balaban J connectivity index is 2.00. The zero-order valence-corrected chi connectivity index (χ0v) is 9.69. The third-order valence-electron chi connectivity index (χ3n) is 2.26. The minimum atomic E-state index is -3.05. The normalized spacial score (nSPS) is 10.5. The van der Waals surface area contributed by atoms with Crippen LogP contribution in [0.5, 0.6) is 5.75 Å². The van der Waals surface area contributed by atoms with Crippen molar-refractivity contribution in [2.24, 2.45) is 0 Å². The van der Waals surface area contributed by atoms with E-state index >= 15 is 0 Å². The van der Waals surface area contributed by atoms with Crippen LogP contribution in [-0.4, -0.2) is 16.6 Å². The van der Waals surface area contributed by atoms with Crippen LogP contribution in [0.25, 0.3) is 0 Å². The van der Waals surface area contributed by atoms with Gasteiger partial charge in [0.2, 0.25) is 0 Å². The van der Waals surface area contributed by atoms with Crippen molar-refractivity contribution in [1.82, 2.24) is 9.97 Å². The Morgan fingerprint density at radius 3 is 2.74 bits per heavy atom. The molecule has 1 heterocycles. The molecular formula is C12H10F3N3O. The van der Waals surface area contributed by atoms with Crippen LogP contribution in [0.15, 0.2) is 36.8 Å². The van der Waals surface area contributed by atoms with Gasteiger partial charge in [-0.3, -0.25) is 0 Å². The lowest BCUT2D eigenvalue weighted by molar-refractivity contribution is -0.0521. The standard InChI is InChI=1S/C12H10F3N3O/c13-10-5-8(1-2-11(10)19-12(14)15)17-6-9-3-4-16-7-18-9/h1-5,7,12,17H,6H2. The molecule has 0 spiro atoms. The third-order valence-corrected chi connectivity index (χ3v) is 2.26. The molecule has 0 aliphatic heterocycles. The highest BCUT2D eigenvalue weighted by Crippen LogP contribution is 2.22. The zero-order valence-electron chi connectivity index (χ0n) is 9.69. The Morgan fingerprint density at radius 1 is 1.26 bits per heavy atom. The van der Waals surface area contributed by atoms with Gasteiger partial charge >= 0.3 is 6.61 Å². The molecule has 7 heteroatoms. The molecule has 0 fully saturated rings. The molecule has 0 aliphatic rings. The predicted molar refractivity (Wildman–Crippen MR) is 62.4 cm³/mol. The van der Waals surface area contributed by atoms with Gasteiger partial charge in [-0.15, -0.1) is 0 Å². The maximum absolute atomic E-state index is 13.4. The van der Waals surface area contributed by atoms with E-state index in [4.69, 9.17) is 0 Å². The van der Waals surface area contributed by atoms with E-state index in [0.717, 1.165) is 17.8 Å². The number of halogens is 3. The van der Waals surface area contributed by atoms with Gasteiger partial charge in [0.15, 0.2) is 11.6 Å². The van der Waals surface area contributed by atoms with E-state index < -0.39 is 18.2 Å². The Kier molecular flexibility index (Phi) is 4.17. The lowest BCUT2D eigenvalue weighted by Gasteiger charge is -2.09. The molecule has 2 rings (SSSR count). The average Bonchev–Trinajstić information content (AvgIpc) is 2.40. The highest BCUT2D eigenvalue weighted by Gasteiger charge is 2.10. The van der Waals surface area contributed by atoms with E-state index in [9.17, 15) is 13.2 Å². The summed E-state index contributed by atoms with van der Waals surface area (Å²) in [5.41, 5.74) is 1.17. The van der Waals surface area contributed by atoms with Gasteiger partial charge < -0.3 is 10.1 Å². The Labute approximate surface area is 107 Å². The summed E-state index contributed by atoms with van der Waals surface area (Å²) in [7, 11) is 0. The summed E-state index contributed by atoms with van der Waals surface area (Å²) in [6.07, 6.45) is 2.99. The van der Waals surface area contributed by atoms with E-state index in [0.29, 0.717) is 12.2 Å². The first-order valence-corrected chi connectivity index (χ1v) is 5.38. The summed E-state index contributed by atoms with van der Waals surface area (Å²) in [4.78, 5) is 7.75. The Hall–Kier alpha value is -2.31. The molecule has 2 aromatic rings. The molecule has 0 unspecified atom stereocenters. The van der Waals surface area contributed by atoms with E-state index in [2.05, 4.69) is 20.0 Å². The molecule has 1 N–H and O–H groups in total. The van der Waals surface area contributed by atoms with E-state index in [1.54, 1.807) is 12.3 Å². The van der Waals surface area contributed by atoms with Crippen molar-refractivity contribution in [3.05, 3.63) is 48.3 Å². The van der Waals surface area contributed by atoms with Gasteiger partial charge in [-0.2, -0.15) is 8.78 Å². The zero-order chi connectivity index (χ0) is 13.7. The quantitative estimate of drug-likeness (QED) is 0.906. The number of hydrogen-bond acceptors (Lipinski definition) is 4. The number of nitrogens with one attached hydrogen (secondary N) is 1. The fourth-order valence-electron chi connectivity index (χ4n) is 1.42. The van der Waals surface area contributed by atoms with Gasteiger partial charge in [0.05, 0.1) is 12.2 Å². The number of benzene rings is 1. The fourth-order valence-corrected chi connectivity index (χ4v) is 1.42. The topological polar surface area (TPSA) is 47.0 Å². The molecule has 0 saturated heterocycles. The molecule has 0 aliphatic carbocycles. The number of anilines is 1. The maximum Gasteiger partial charge on any atom is 0.387 e. The average molecular weight is 269 g/mol. The van der Waals surface area contributed by atoms with Crippen molar-refractivity contribution < 1.29 is 17.9 Å². The molecule has 0 radical (unpaired) electrons. The van der Waals surface area contributed by atoms with Gasteiger partial charge in [0, 0.05) is 18.0 Å². The first-order valence-electron chi connectivity index (χ1n) is 5.38. The van der Waals surface area contributed by atoms with Crippen LogP contribution in [0.2, 0.25) is 0 Å². The molecular weight excluding hydrogens is 259 g/mol.